The molecule has 1 aliphatic rings. The van der Waals surface area contributed by atoms with Crippen molar-refractivity contribution in [1.29, 1.82) is 0 Å². The lowest BCUT2D eigenvalue weighted by molar-refractivity contribution is 0.0942. The zero-order chi connectivity index (χ0) is 20.9. The van der Waals surface area contributed by atoms with Crippen LogP contribution < -0.4 is 5.32 Å². The van der Waals surface area contributed by atoms with Gasteiger partial charge in [-0.15, -0.1) is 0 Å². The zero-order valence-electron chi connectivity index (χ0n) is 17.5. The summed E-state index contributed by atoms with van der Waals surface area (Å²) in [5.74, 6) is 1.68. The minimum atomic E-state index is -0.0453. The smallest absolute Gasteiger partial charge is 0.252 e. The van der Waals surface area contributed by atoms with Gasteiger partial charge in [0.05, 0.1) is 11.3 Å². The number of amides is 1. The number of nitrogens with zero attached hydrogens (tertiary/aromatic N) is 4. The van der Waals surface area contributed by atoms with Crippen molar-refractivity contribution in [3.05, 3.63) is 71.8 Å². The van der Waals surface area contributed by atoms with Crippen molar-refractivity contribution in [2.24, 2.45) is 5.92 Å². The standard InChI is InChI=1S/C24H27N5O/c1-16-3-6-21(14-26-16)24(30)28-13-18-4-7-20(8-5-18)23-22(15-27-17(2)29-23)19-9-11-25-12-10-19/h3,6,9-12,14-15,18,20H,4-5,7-8,13H2,1-2H3,(H,28,30). The van der Waals surface area contributed by atoms with Gasteiger partial charge in [-0.2, -0.15) is 0 Å². The van der Waals surface area contributed by atoms with E-state index in [0.717, 1.165) is 54.0 Å². The van der Waals surface area contributed by atoms with E-state index in [1.54, 1.807) is 6.20 Å². The average Bonchev–Trinajstić information content (AvgIpc) is 2.79. The van der Waals surface area contributed by atoms with Gasteiger partial charge in [0.2, 0.25) is 0 Å². The van der Waals surface area contributed by atoms with Crippen molar-refractivity contribution in [3.8, 4) is 11.1 Å². The summed E-state index contributed by atoms with van der Waals surface area (Å²) < 4.78 is 0. The molecule has 1 amide bonds. The quantitative estimate of drug-likeness (QED) is 0.691. The molecule has 0 atom stereocenters. The van der Waals surface area contributed by atoms with Crippen LogP contribution in [0.1, 0.15) is 59.2 Å². The van der Waals surface area contributed by atoms with Crippen LogP contribution in [0.15, 0.2) is 49.1 Å². The summed E-state index contributed by atoms with van der Waals surface area (Å²) in [5, 5.41) is 3.08. The molecule has 1 aliphatic carbocycles. The van der Waals surface area contributed by atoms with E-state index in [2.05, 4.69) is 20.3 Å². The molecule has 154 valence electrons. The monoisotopic (exact) mass is 401 g/mol. The Morgan fingerprint density at radius 2 is 1.77 bits per heavy atom. The van der Waals surface area contributed by atoms with Crippen LogP contribution in [-0.4, -0.2) is 32.4 Å². The molecule has 6 heteroatoms. The molecule has 0 aromatic carbocycles. The van der Waals surface area contributed by atoms with Gasteiger partial charge in [0, 0.05) is 48.5 Å². The normalized spacial score (nSPS) is 18.7. The number of aryl methyl sites for hydroxylation is 2. The molecule has 1 N–H and O–H groups in total. The summed E-state index contributed by atoms with van der Waals surface area (Å²) in [6, 6.07) is 7.72. The number of hydrogen-bond acceptors (Lipinski definition) is 5. The van der Waals surface area contributed by atoms with Crippen LogP contribution in [0.2, 0.25) is 0 Å². The molecule has 6 nitrogen and oxygen atoms in total. The van der Waals surface area contributed by atoms with Crippen LogP contribution in [0.3, 0.4) is 0 Å². The van der Waals surface area contributed by atoms with Crippen LogP contribution >= 0.6 is 0 Å². The Balaban J connectivity index is 1.37. The number of nitrogens with one attached hydrogen (secondary N) is 1. The summed E-state index contributed by atoms with van der Waals surface area (Å²) in [6.07, 6.45) is 11.5. The highest BCUT2D eigenvalue weighted by atomic mass is 16.1. The van der Waals surface area contributed by atoms with Crippen molar-refractivity contribution in [3.63, 3.8) is 0 Å². The molecule has 0 bridgehead atoms. The second kappa shape index (κ2) is 9.11. The third-order valence-corrected chi connectivity index (χ3v) is 5.89. The second-order valence-corrected chi connectivity index (χ2v) is 8.07. The van der Waals surface area contributed by atoms with E-state index in [0.29, 0.717) is 23.9 Å². The Morgan fingerprint density at radius 1 is 1.00 bits per heavy atom. The first-order valence-electron chi connectivity index (χ1n) is 10.5. The van der Waals surface area contributed by atoms with Gasteiger partial charge in [0.1, 0.15) is 5.82 Å². The predicted molar refractivity (Wildman–Crippen MR) is 116 cm³/mol. The van der Waals surface area contributed by atoms with Gasteiger partial charge in [0.25, 0.3) is 5.91 Å². The molecule has 1 saturated carbocycles. The van der Waals surface area contributed by atoms with E-state index in [9.17, 15) is 4.79 Å². The van der Waals surface area contributed by atoms with Crippen molar-refractivity contribution >= 4 is 5.91 Å². The Hall–Kier alpha value is -3.15. The van der Waals surface area contributed by atoms with E-state index >= 15 is 0 Å². The third-order valence-electron chi connectivity index (χ3n) is 5.89. The minimum absolute atomic E-state index is 0.0453. The highest BCUT2D eigenvalue weighted by molar-refractivity contribution is 5.93. The van der Waals surface area contributed by atoms with Gasteiger partial charge in [-0.25, -0.2) is 9.97 Å². The second-order valence-electron chi connectivity index (χ2n) is 8.07. The number of hydrogen-bond donors (Lipinski definition) is 1. The van der Waals surface area contributed by atoms with Gasteiger partial charge >= 0.3 is 0 Å². The average molecular weight is 402 g/mol. The first-order valence-corrected chi connectivity index (χ1v) is 10.5. The summed E-state index contributed by atoms with van der Waals surface area (Å²) in [6.45, 7) is 4.57. The zero-order valence-corrected chi connectivity index (χ0v) is 17.5. The maximum atomic E-state index is 12.4. The van der Waals surface area contributed by atoms with Crippen molar-refractivity contribution < 1.29 is 4.79 Å². The SMILES string of the molecule is Cc1ccc(C(=O)NCC2CCC(c3nc(C)ncc3-c3ccncc3)CC2)cn1. The lowest BCUT2D eigenvalue weighted by Gasteiger charge is -2.29. The number of carbonyl (C=O) groups is 1. The lowest BCUT2D eigenvalue weighted by atomic mass is 9.79. The number of pyridine rings is 2. The molecule has 0 saturated heterocycles. The van der Waals surface area contributed by atoms with Crippen LogP contribution in [0.5, 0.6) is 0 Å². The predicted octanol–water partition coefficient (Wildman–Crippen LogP) is 4.25. The van der Waals surface area contributed by atoms with Crippen LogP contribution in [0, 0.1) is 19.8 Å². The van der Waals surface area contributed by atoms with E-state index in [1.165, 1.54) is 0 Å². The molecule has 30 heavy (non-hydrogen) atoms. The Morgan fingerprint density at radius 3 is 2.47 bits per heavy atom. The molecule has 4 rings (SSSR count). The van der Waals surface area contributed by atoms with Crippen LogP contribution in [0.4, 0.5) is 0 Å². The fourth-order valence-electron chi connectivity index (χ4n) is 4.13. The molecule has 0 unspecified atom stereocenters. The Bertz CT molecular complexity index is 996. The molecular formula is C24H27N5O. The fourth-order valence-corrected chi connectivity index (χ4v) is 4.13. The highest BCUT2D eigenvalue weighted by Gasteiger charge is 2.26. The maximum absolute atomic E-state index is 12.4. The van der Waals surface area contributed by atoms with Gasteiger partial charge in [-0.05, 0) is 75.3 Å². The Labute approximate surface area is 177 Å². The molecule has 0 radical (unpaired) electrons. The maximum Gasteiger partial charge on any atom is 0.252 e. The molecule has 0 spiro atoms. The van der Waals surface area contributed by atoms with Crippen molar-refractivity contribution in [1.82, 2.24) is 25.3 Å². The summed E-state index contributed by atoms with van der Waals surface area (Å²) in [5.41, 5.74) is 4.89. The van der Waals surface area contributed by atoms with Gasteiger partial charge < -0.3 is 5.32 Å². The van der Waals surface area contributed by atoms with Crippen molar-refractivity contribution in [2.45, 2.75) is 45.4 Å². The summed E-state index contributed by atoms with van der Waals surface area (Å²) in [7, 11) is 0. The molecular weight excluding hydrogens is 374 g/mol. The van der Waals surface area contributed by atoms with E-state index in [-0.39, 0.29) is 5.91 Å². The van der Waals surface area contributed by atoms with Gasteiger partial charge in [-0.1, -0.05) is 0 Å². The Kier molecular flexibility index (Phi) is 6.12. The highest BCUT2D eigenvalue weighted by Crippen LogP contribution is 2.38. The van der Waals surface area contributed by atoms with E-state index in [1.807, 2.05) is 56.7 Å². The fraction of sp³-hybridized carbons (Fsp3) is 0.375. The van der Waals surface area contributed by atoms with E-state index < -0.39 is 0 Å². The largest absolute Gasteiger partial charge is 0.352 e. The summed E-state index contributed by atoms with van der Waals surface area (Å²) in [4.78, 5) is 29.9. The number of aromatic nitrogens is 4. The molecule has 0 aliphatic heterocycles. The molecule has 3 aromatic heterocycles. The molecule has 3 heterocycles. The minimum Gasteiger partial charge on any atom is -0.352 e. The van der Waals surface area contributed by atoms with Gasteiger partial charge in [0.15, 0.2) is 0 Å². The topological polar surface area (TPSA) is 80.7 Å². The number of rotatable bonds is 5. The van der Waals surface area contributed by atoms with E-state index in [4.69, 9.17) is 4.98 Å². The molecule has 1 fully saturated rings. The van der Waals surface area contributed by atoms with Crippen molar-refractivity contribution in [2.75, 3.05) is 6.54 Å². The van der Waals surface area contributed by atoms with Crippen LogP contribution in [-0.2, 0) is 0 Å². The summed E-state index contributed by atoms with van der Waals surface area (Å²) >= 11 is 0. The first-order chi connectivity index (χ1) is 14.6. The third kappa shape index (κ3) is 4.70. The molecule has 3 aromatic rings. The number of carbonyl (C=O) groups excluding carboxylic acids is 1. The lowest BCUT2D eigenvalue weighted by Crippen LogP contribution is -2.31. The van der Waals surface area contributed by atoms with Gasteiger partial charge in [-0.3, -0.25) is 14.8 Å². The van der Waals surface area contributed by atoms with Crippen LogP contribution in [0.25, 0.3) is 11.1 Å². The first kappa shape index (κ1) is 20.1.